The van der Waals surface area contributed by atoms with Gasteiger partial charge in [-0.15, -0.1) is 0 Å². The Morgan fingerprint density at radius 1 is 0.921 bits per heavy atom. The third kappa shape index (κ3) is 5.81. The first-order valence-corrected chi connectivity index (χ1v) is 13.3. The van der Waals surface area contributed by atoms with Crippen LogP contribution >= 0.6 is 0 Å². The molecule has 1 aliphatic rings. The van der Waals surface area contributed by atoms with Gasteiger partial charge in [-0.05, 0) is 36.5 Å². The molecule has 0 unspecified atom stereocenters. The number of aromatic nitrogens is 3. The number of nitrogens with one attached hydrogen (secondary N) is 3. The first-order valence-electron chi connectivity index (χ1n) is 13.3. The van der Waals surface area contributed by atoms with Gasteiger partial charge in [0.1, 0.15) is 5.82 Å². The van der Waals surface area contributed by atoms with Crippen LogP contribution < -0.4 is 5.32 Å². The van der Waals surface area contributed by atoms with Crippen LogP contribution in [-0.2, 0) is 21.5 Å². The number of H-pyrrole nitrogens is 2. The number of rotatable bonds is 8. The summed E-state index contributed by atoms with van der Waals surface area (Å²) in [4.78, 5) is 30.5. The Labute approximate surface area is 222 Å². The summed E-state index contributed by atoms with van der Waals surface area (Å²) in [5.41, 5.74) is 6.35. The molecule has 1 atom stereocenters. The first kappa shape index (κ1) is 27.1. The molecule has 4 aromatic rings. The third-order valence-electron chi connectivity index (χ3n) is 7.26. The normalized spacial score (nSPS) is 15.9. The largest absolute Gasteiger partial charge is 0.473 e. The minimum Gasteiger partial charge on any atom is -0.473 e. The van der Waals surface area contributed by atoms with Gasteiger partial charge in [0.05, 0.1) is 23.5 Å². The molecule has 2 aromatic heterocycles. The van der Waals surface area contributed by atoms with Gasteiger partial charge in [0.2, 0.25) is 0 Å². The number of para-hydroxylation sites is 1. The lowest BCUT2D eigenvalue weighted by atomic mass is 9.77. The van der Waals surface area contributed by atoms with Gasteiger partial charge in [-0.25, -0.2) is 14.6 Å². The fourth-order valence-corrected chi connectivity index (χ4v) is 5.40. The second-order valence-corrected chi connectivity index (χ2v) is 9.87. The standard InChI is InChI=1S/C28H34N4.C2H2O4/c1-3-5-16-28(17-6-4-2)26-22(21-14-10-11-15-23(21)30-26)18-24(32-28)27-29-19-25(31-27)20-12-8-7-9-13-20;3-1(4)2(5)6/h7-15,19,24,30,32H,3-6,16-18H2,1-2H3,(H,29,31);(H,3,4)(H,5,6)/t24-;/m0./s1. The fraction of sp³-hybridized carbons (Fsp3) is 0.367. The molecule has 0 radical (unpaired) electrons. The van der Waals surface area contributed by atoms with Crippen LogP contribution in [0.15, 0.2) is 60.8 Å². The molecular formula is C30H36N4O4. The summed E-state index contributed by atoms with van der Waals surface area (Å²) in [5.74, 6) is -2.61. The highest BCUT2D eigenvalue weighted by Crippen LogP contribution is 2.44. The molecule has 8 heteroatoms. The number of carbonyl (C=O) groups is 2. The van der Waals surface area contributed by atoms with Gasteiger partial charge in [-0.1, -0.05) is 88.1 Å². The van der Waals surface area contributed by atoms with E-state index in [1.54, 1.807) is 0 Å². The van der Waals surface area contributed by atoms with E-state index < -0.39 is 11.9 Å². The number of fused-ring (bicyclic) bond motifs is 3. The zero-order valence-corrected chi connectivity index (χ0v) is 22.0. The van der Waals surface area contributed by atoms with Crippen molar-refractivity contribution in [1.29, 1.82) is 0 Å². The van der Waals surface area contributed by atoms with Gasteiger partial charge >= 0.3 is 11.9 Å². The van der Waals surface area contributed by atoms with Gasteiger partial charge in [0.15, 0.2) is 0 Å². The summed E-state index contributed by atoms with van der Waals surface area (Å²) in [6, 6.07) is 19.4. The fourth-order valence-electron chi connectivity index (χ4n) is 5.40. The quantitative estimate of drug-likeness (QED) is 0.178. The Balaban J connectivity index is 0.000000505. The number of imidazole rings is 1. The highest BCUT2D eigenvalue weighted by atomic mass is 16.4. The molecular weight excluding hydrogens is 480 g/mol. The van der Waals surface area contributed by atoms with Gasteiger partial charge in [0, 0.05) is 16.6 Å². The number of hydrogen-bond acceptors (Lipinski definition) is 4. The van der Waals surface area contributed by atoms with E-state index in [2.05, 4.69) is 83.7 Å². The Morgan fingerprint density at radius 3 is 2.18 bits per heavy atom. The number of unbranched alkanes of at least 4 members (excludes halogenated alkanes) is 2. The van der Waals surface area contributed by atoms with Crippen molar-refractivity contribution in [2.75, 3.05) is 0 Å². The van der Waals surface area contributed by atoms with Crippen molar-refractivity contribution >= 4 is 22.8 Å². The summed E-state index contributed by atoms with van der Waals surface area (Å²) in [6.07, 6.45) is 10.1. The highest BCUT2D eigenvalue weighted by molar-refractivity contribution is 6.27. The smallest absolute Gasteiger partial charge is 0.414 e. The van der Waals surface area contributed by atoms with Crippen molar-refractivity contribution in [3.63, 3.8) is 0 Å². The van der Waals surface area contributed by atoms with E-state index in [0.29, 0.717) is 0 Å². The van der Waals surface area contributed by atoms with Crippen LogP contribution in [0.4, 0.5) is 0 Å². The predicted octanol–water partition coefficient (Wildman–Crippen LogP) is 6.18. The van der Waals surface area contributed by atoms with E-state index in [9.17, 15) is 0 Å². The zero-order chi connectivity index (χ0) is 27.1. The van der Waals surface area contributed by atoms with Crippen molar-refractivity contribution in [2.45, 2.75) is 70.4 Å². The van der Waals surface area contributed by atoms with Gasteiger partial charge < -0.3 is 20.2 Å². The average molecular weight is 517 g/mol. The molecule has 0 saturated heterocycles. The number of aliphatic carboxylic acids is 2. The molecule has 0 aliphatic carbocycles. The van der Waals surface area contributed by atoms with Crippen LogP contribution in [0.1, 0.15) is 75.5 Å². The van der Waals surface area contributed by atoms with Crippen LogP contribution in [0.25, 0.3) is 22.2 Å². The maximum atomic E-state index is 9.10. The second kappa shape index (κ2) is 12.1. The number of benzene rings is 2. The Morgan fingerprint density at radius 2 is 1.55 bits per heavy atom. The number of carboxylic acid groups (broad SMARTS) is 2. The maximum absolute atomic E-state index is 9.10. The summed E-state index contributed by atoms with van der Waals surface area (Å²) in [7, 11) is 0. The van der Waals surface area contributed by atoms with Crippen LogP contribution in [0.3, 0.4) is 0 Å². The van der Waals surface area contributed by atoms with Gasteiger partial charge in [0.25, 0.3) is 0 Å². The first-order chi connectivity index (χ1) is 18.4. The van der Waals surface area contributed by atoms with Crippen molar-refractivity contribution < 1.29 is 19.8 Å². The van der Waals surface area contributed by atoms with Gasteiger partial charge in [-0.2, -0.15) is 0 Å². The Hall–Kier alpha value is -3.91. The molecule has 0 fully saturated rings. The van der Waals surface area contributed by atoms with E-state index in [1.807, 2.05) is 6.20 Å². The van der Waals surface area contributed by atoms with E-state index >= 15 is 0 Å². The summed E-state index contributed by atoms with van der Waals surface area (Å²) in [5, 5.41) is 20.3. The molecule has 0 spiro atoms. The molecule has 1 aliphatic heterocycles. The minimum atomic E-state index is -1.82. The van der Waals surface area contributed by atoms with E-state index in [4.69, 9.17) is 24.8 Å². The van der Waals surface area contributed by atoms with E-state index in [-0.39, 0.29) is 11.6 Å². The summed E-state index contributed by atoms with van der Waals surface area (Å²) in [6.45, 7) is 4.58. The molecule has 5 N–H and O–H groups in total. The van der Waals surface area contributed by atoms with Crippen molar-refractivity contribution in [1.82, 2.24) is 20.3 Å². The lowest BCUT2D eigenvalue weighted by Crippen LogP contribution is -2.49. The molecule has 38 heavy (non-hydrogen) atoms. The van der Waals surface area contributed by atoms with Crippen LogP contribution in [0.5, 0.6) is 0 Å². The lowest BCUT2D eigenvalue weighted by Gasteiger charge is -2.42. The third-order valence-corrected chi connectivity index (χ3v) is 7.26. The van der Waals surface area contributed by atoms with E-state index in [0.717, 1.165) is 30.8 Å². The monoisotopic (exact) mass is 516 g/mol. The Kier molecular flexibility index (Phi) is 8.63. The zero-order valence-electron chi connectivity index (χ0n) is 22.0. The Bertz CT molecular complexity index is 1360. The topological polar surface area (TPSA) is 131 Å². The number of nitrogens with zero attached hydrogens (tertiary/aromatic N) is 1. The van der Waals surface area contributed by atoms with Crippen LogP contribution in [0.2, 0.25) is 0 Å². The minimum absolute atomic E-state index is 0.0387. The SMILES string of the molecule is CCCCC1(CCCC)N[C@H](c2ncc(-c3ccccc3)[nH]2)Cc2c1[nH]c1ccccc21.O=C(O)C(=O)O. The van der Waals surface area contributed by atoms with Crippen LogP contribution in [-0.4, -0.2) is 37.1 Å². The molecule has 0 saturated carbocycles. The molecule has 5 rings (SSSR count). The summed E-state index contributed by atoms with van der Waals surface area (Å²) < 4.78 is 0. The molecule has 2 aromatic carbocycles. The molecule has 0 amide bonds. The predicted molar refractivity (Wildman–Crippen MR) is 148 cm³/mol. The number of aromatic amines is 2. The average Bonchev–Trinajstić information content (AvgIpc) is 3.57. The number of carboxylic acids is 2. The summed E-state index contributed by atoms with van der Waals surface area (Å²) >= 11 is 0. The van der Waals surface area contributed by atoms with Crippen molar-refractivity contribution in [3.8, 4) is 11.3 Å². The molecule has 200 valence electrons. The number of hydrogen-bond donors (Lipinski definition) is 5. The van der Waals surface area contributed by atoms with Crippen LogP contribution in [0, 0.1) is 0 Å². The van der Waals surface area contributed by atoms with Crippen molar-refractivity contribution in [2.24, 2.45) is 0 Å². The van der Waals surface area contributed by atoms with Crippen molar-refractivity contribution in [3.05, 3.63) is 77.9 Å². The molecule has 8 nitrogen and oxygen atoms in total. The second-order valence-electron chi connectivity index (χ2n) is 9.87. The maximum Gasteiger partial charge on any atom is 0.414 e. The van der Waals surface area contributed by atoms with Gasteiger partial charge in [-0.3, -0.25) is 5.32 Å². The van der Waals surface area contributed by atoms with E-state index in [1.165, 1.54) is 53.4 Å². The molecule has 0 bridgehead atoms. The lowest BCUT2D eigenvalue weighted by molar-refractivity contribution is -0.159. The molecule has 3 heterocycles. The highest BCUT2D eigenvalue weighted by Gasteiger charge is 2.42.